The average molecular weight is 408 g/mol. The molecule has 0 saturated carbocycles. The monoisotopic (exact) mass is 407 g/mol. The normalized spacial score (nSPS) is 21.6. The van der Waals surface area contributed by atoms with Gasteiger partial charge in [0.1, 0.15) is 5.82 Å². The number of rotatable bonds is 8. The number of likely N-dealkylation sites (tertiary alicyclic amines) is 1. The van der Waals surface area contributed by atoms with Gasteiger partial charge in [0.05, 0.1) is 38.0 Å². The molecule has 0 spiro atoms. The Morgan fingerprint density at radius 1 is 1.17 bits per heavy atom. The molecule has 2 atom stereocenters. The fourth-order valence-corrected chi connectivity index (χ4v) is 3.94. The van der Waals surface area contributed by atoms with Crippen molar-refractivity contribution in [3.63, 3.8) is 0 Å². The molecule has 2 unspecified atom stereocenters. The van der Waals surface area contributed by atoms with Crippen LogP contribution in [0.1, 0.15) is 38.3 Å². The van der Waals surface area contributed by atoms with Gasteiger partial charge in [-0.05, 0) is 44.4 Å². The van der Waals surface area contributed by atoms with Crippen molar-refractivity contribution in [3.8, 4) is 0 Å². The number of nitrogens with zero attached hydrogens (tertiary/aromatic N) is 2. The van der Waals surface area contributed by atoms with Gasteiger partial charge in [-0.25, -0.2) is 4.39 Å². The number of hydrogen-bond acceptors (Lipinski definition) is 5. The number of piperidine rings is 1. The second kappa shape index (κ2) is 11.0. The van der Waals surface area contributed by atoms with Crippen LogP contribution in [0.4, 0.5) is 4.39 Å². The number of nitrogens with one attached hydrogen (secondary N) is 1. The quantitative estimate of drug-likeness (QED) is 0.716. The average Bonchev–Trinajstić information content (AvgIpc) is 2.75. The first-order chi connectivity index (χ1) is 14.0. The summed E-state index contributed by atoms with van der Waals surface area (Å²) in [6.07, 6.45) is 2.18. The molecule has 0 bridgehead atoms. The van der Waals surface area contributed by atoms with Crippen LogP contribution < -0.4 is 5.32 Å². The maximum absolute atomic E-state index is 13.1. The van der Waals surface area contributed by atoms with E-state index < -0.39 is 0 Å². The molecule has 6 nitrogen and oxygen atoms in total. The fourth-order valence-electron chi connectivity index (χ4n) is 3.94. The Labute approximate surface area is 173 Å². The Morgan fingerprint density at radius 3 is 2.48 bits per heavy atom. The molecule has 0 radical (unpaired) electrons. The lowest BCUT2D eigenvalue weighted by Gasteiger charge is -2.36. The van der Waals surface area contributed by atoms with Crippen LogP contribution in [-0.4, -0.2) is 80.4 Å². The summed E-state index contributed by atoms with van der Waals surface area (Å²) < 4.78 is 24.5. The highest BCUT2D eigenvalue weighted by Gasteiger charge is 2.27. The summed E-state index contributed by atoms with van der Waals surface area (Å²) in [5, 5.41) is 3.04. The van der Waals surface area contributed by atoms with E-state index in [2.05, 4.69) is 15.1 Å². The molecule has 2 heterocycles. The van der Waals surface area contributed by atoms with Crippen molar-refractivity contribution in [2.45, 2.75) is 44.9 Å². The van der Waals surface area contributed by atoms with Gasteiger partial charge in [-0.3, -0.25) is 14.6 Å². The number of halogens is 1. The number of morpholine rings is 1. The van der Waals surface area contributed by atoms with Crippen molar-refractivity contribution in [3.05, 3.63) is 35.6 Å². The predicted octanol–water partition coefficient (Wildman–Crippen LogP) is 2.20. The minimum absolute atomic E-state index is 0.00788. The van der Waals surface area contributed by atoms with Crippen LogP contribution in [-0.2, 0) is 14.3 Å². The van der Waals surface area contributed by atoms with Gasteiger partial charge < -0.3 is 14.8 Å². The topological polar surface area (TPSA) is 54.0 Å². The van der Waals surface area contributed by atoms with Crippen LogP contribution in [0.5, 0.6) is 0 Å². The van der Waals surface area contributed by atoms with Crippen molar-refractivity contribution in [1.82, 2.24) is 15.1 Å². The van der Waals surface area contributed by atoms with Gasteiger partial charge in [0.25, 0.3) is 0 Å². The highest BCUT2D eigenvalue weighted by Crippen LogP contribution is 2.18. The lowest BCUT2D eigenvalue weighted by Crippen LogP contribution is -2.49. The minimum atomic E-state index is -0.268. The van der Waals surface area contributed by atoms with Gasteiger partial charge in [0.2, 0.25) is 5.91 Å². The van der Waals surface area contributed by atoms with E-state index >= 15 is 0 Å². The number of amides is 1. The third kappa shape index (κ3) is 6.74. The van der Waals surface area contributed by atoms with Crippen molar-refractivity contribution < 1.29 is 18.7 Å². The fraction of sp³-hybridized carbons (Fsp3) is 0.682. The molecular formula is C22H34FN3O3. The zero-order chi connectivity index (χ0) is 20.6. The molecule has 7 heteroatoms. The third-order valence-corrected chi connectivity index (χ3v) is 6.00. The van der Waals surface area contributed by atoms with Crippen LogP contribution in [0.25, 0.3) is 0 Å². The lowest BCUT2D eigenvalue weighted by molar-refractivity contribution is -0.127. The second-order valence-electron chi connectivity index (χ2n) is 8.02. The molecule has 2 aliphatic heterocycles. The zero-order valence-corrected chi connectivity index (χ0v) is 17.6. The van der Waals surface area contributed by atoms with E-state index in [1.165, 1.54) is 12.1 Å². The zero-order valence-electron chi connectivity index (χ0n) is 17.6. The van der Waals surface area contributed by atoms with Crippen molar-refractivity contribution >= 4 is 5.91 Å². The van der Waals surface area contributed by atoms with Gasteiger partial charge in [0.15, 0.2) is 0 Å². The van der Waals surface area contributed by atoms with Gasteiger partial charge in [-0.2, -0.15) is 0 Å². The van der Waals surface area contributed by atoms with Gasteiger partial charge in [-0.15, -0.1) is 0 Å². The number of hydrogen-bond donors (Lipinski definition) is 1. The standard InChI is InChI=1S/C22H34FN3O3/c1-17(19-3-5-20(23)6-4-19)24-22(27)18(2)26-9-7-21(8-10-26)29-16-13-25-11-14-28-15-12-25/h3-6,17-18,21H,7-16H2,1-2H3,(H,24,27). The first-order valence-corrected chi connectivity index (χ1v) is 10.7. The molecule has 2 saturated heterocycles. The van der Waals surface area contributed by atoms with E-state index in [-0.39, 0.29) is 29.9 Å². The Kier molecular flexibility index (Phi) is 8.41. The van der Waals surface area contributed by atoms with E-state index in [0.717, 1.165) is 70.9 Å². The Morgan fingerprint density at radius 2 is 1.83 bits per heavy atom. The molecule has 1 aromatic rings. The smallest absolute Gasteiger partial charge is 0.237 e. The van der Waals surface area contributed by atoms with E-state index in [1.54, 1.807) is 12.1 Å². The van der Waals surface area contributed by atoms with E-state index in [0.29, 0.717) is 0 Å². The number of benzene rings is 1. The molecule has 1 amide bonds. The van der Waals surface area contributed by atoms with E-state index in [9.17, 15) is 9.18 Å². The number of ether oxygens (including phenoxy) is 2. The SMILES string of the molecule is CC(NC(=O)C(C)N1CCC(OCCN2CCOCC2)CC1)c1ccc(F)cc1. The van der Waals surface area contributed by atoms with Crippen LogP contribution >= 0.6 is 0 Å². The van der Waals surface area contributed by atoms with E-state index in [4.69, 9.17) is 9.47 Å². The summed E-state index contributed by atoms with van der Waals surface area (Å²) in [6.45, 7) is 10.9. The molecule has 2 fully saturated rings. The molecule has 162 valence electrons. The Hall–Kier alpha value is -1.54. The van der Waals surface area contributed by atoms with Crippen LogP contribution in [0.15, 0.2) is 24.3 Å². The molecule has 1 aromatic carbocycles. The maximum Gasteiger partial charge on any atom is 0.237 e. The molecule has 0 aliphatic carbocycles. The first kappa shape index (κ1) is 22.2. The van der Waals surface area contributed by atoms with Gasteiger partial charge >= 0.3 is 0 Å². The largest absolute Gasteiger partial charge is 0.379 e. The van der Waals surface area contributed by atoms with Gasteiger partial charge in [-0.1, -0.05) is 12.1 Å². The number of carbonyl (C=O) groups excluding carboxylic acids is 1. The van der Waals surface area contributed by atoms with Gasteiger partial charge in [0, 0.05) is 32.7 Å². The molecule has 0 aromatic heterocycles. The van der Waals surface area contributed by atoms with Crippen molar-refractivity contribution in [1.29, 1.82) is 0 Å². The molecular weight excluding hydrogens is 373 g/mol. The Bertz CT molecular complexity index is 629. The van der Waals surface area contributed by atoms with Crippen LogP contribution in [0.2, 0.25) is 0 Å². The summed E-state index contributed by atoms with van der Waals surface area (Å²) in [5.41, 5.74) is 0.902. The summed E-state index contributed by atoms with van der Waals surface area (Å²) in [5.74, 6) is -0.260. The molecule has 1 N–H and O–H groups in total. The summed E-state index contributed by atoms with van der Waals surface area (Å²) in [4.78, 5) is 17.2. The van der Waals surface area contributed by atoms with Crippen molar-refractivity contribution in [2.24, 2.45) is 0 Å². The van der Waals surface area contributed by atoms with Crippen LogP contribution in [0.3, 0.4) is 0 Å². The lowest BCUT2D eigenvalue weighted by atomic mass is 10.0. The molecule has 2 aliphatic rings. The first-order valence-electron chi connectivity index (χ1n) is 10.7. The van der Waals surface area contributed by atoms with Crippen LogP contribution in [0, 0.1) is 5.82 Å². The maximum atomic E-state index is 13.1. The third-order valence-electron chi connectivity index (χ3n) is 6.00. The summed E-state index contributed by atoms with van der Waals surface area (Å²) in [6, 6.07) is 5.94. The molecule has 3 rings (SSSR count). The minimum Gasteiger partial charge on any atom is -0.379 e. The molecule has 29 heavy (non-hydrogen) atoms. The van der Waals surface area contributed by atoms with Crippen molar-refractivity contribution in [2.75, 3.05) is 52.5 Å². The second-order valence-corrected chi connectivity index (χ2v) is 8.02. The highest BCUT2D eigenvalue weighted by molar-refractivity contribution is 5.81. The van der Waals surface area contributed by atoms with E-state index in [1.807, 2.05) is 13.8 Å². The summed E-state index contributed by atoms with van der Waals surface area (Å²) >= 11 is 0. The summed E-state index contributed by atoms with van der Waals surface area (Å²) in [7, 11) is 0. The number of carbonyl (C=O) groups is 1. The predicted molar refractivity (Wildman–Crippen MR) is 110 cm³/mol. The highest BCUT2D eigenvalue weighted by atomic mass is 19.1. The Balaban J connectivity index is 1.35.